The zero-order valence-electron chi connectivity index (χ0n) is 13.8. The van der Waals surface area contributed by atoms with Gasteiger partial charge in [-0.15, -0.1) is 0 Å². The molecular weight excluding hydrogens is 383 g/mol. The van der Waals surface area contributed by atoms with E-state index in [0.717, 1.165) is 5.56 Å². The van der Waals surface area contributed by atoms with Crippen molar-refractivity contribution in [1.29, 1.82) is 0 Å². The number of carbonyl (C=O) groups excluding carboxylic acids is 2. The molecule has 0 saturated carbocycles. The van der Waals surface area contributed by atoms with Gasteiger partial charge in [0.25, 0.3) is 0 Å². The number of nitrogens with zero attached hydrogens (tertiary/aromatic N) is 1. The summed E-state index contributed by atoms with van der Waals surface area (Å²) in [5.74, 6) is -0.409. The van der Waals surface area contributed by atoms with E-state index in [1.807, 2.05) is 13.0 Å². The van der Waals surface area contributed by atoms with E-state index in [2.05, 4.69) is 5.32 Å². The third kappa shape index (κ3) is 5.63. The molecule has 0 unspecified atom stereocenters. The highest BCUT2D eigenvalue weighted by molar-refractivity contribution is 6.35. The summed E-state index contributed by atoms with van der Waals surface area (Å²) in [5.41, 5.74) is 2.11. The molecule has 4 nitrogen and oxygen atoms in total. The van der Waals surface area contributed by atoms with E-state index in [9.17, 15) is 9.59 Å². The molecule has 0 heterocycles. The second-order valence-electron chi connectivity index (χ2n) is 5.56. The molecule has 0 aliphatic rings. The fraction of sp³-hybridized carbons (Fsp3) is 0.222. The largest absolute Gasteiger partial charge is 0.326 e. The van der Waals surface area contributed by atoms with Crippen LogP contribution in [0.25, 0.3) is 0 Å². The van der Waals surface area contributed by atoms with E-state index < -0.39 is 0 Å². The number of benzene rings is 2. The predicted octanol–water partition coefficient (Wildman–Crippen LogP) is 5.34. The van der Waals surface area contributed by atoms with Crippen LogP contribution in [-0.4, -0.2) is 18.4 Å². The molecule has 2 amide bonds. The molecule has 0 radical (unpaired) electrons. The summed E-state index contributed by atoms with van der Waals surface area (Å²) in [6.07, 6.45) is 0.121. The summed E-state index contributed by atoms with van der Waals surface area (Å²) in [4.78, 5) is 25.7. The van der Waals surface area contributed by atoms with Crippen LogP contribution in [-0.2, 0) is 9.59 Å². The molecule has 0 aliphatic carbocycles. The van der Waals surface area contributed by atoms with E-state index in [4.69, 9.17) is 34.8 Å². The molecule has 7 heteroatoms. The first kappa shape index (κ1) is 19.6. The molecule has 2 rings (SSSR count). The second kappa shape index (κ2) is 8.56. The molecule has 0 fully saturated rings. The van der Waals surface area contributed by atoms with Gasteiger partial charge < -0.3 is 10.2 Å². The Labute approximate surface area is 161 Å². The van der Waals surface area contributed by atoms with Gasteiger partial charge in [-0.1, -0.05) is 40.9 Å². The van der Waals surface area contributed by atoms with Gasteiger partial charge in [0.05, 0.1) is 0 Å². The molecular formula is C18H17Cl3N2O2. The summed E-state index contributed by atoms with van der Waals surface area (Å²) in [6.45, 7) is 3.57. The number of hydrogen-bond acceptors (Lipinski definition) is 2. The Hall–Kier alpha value is -1.75. The summed E-state index contributed by atoms with van der Waals surface area (Å²) in [7, 11) is 0. The van der Waals surface area contributed by atoms with Gasteiger partial charge in [-0.05, 0) is 42.8 Å². The Morgan fingerprint density at radius 2 is 1.64 bits per heavy atom. The minimum atomic E-state index is -0.246. The van der Waals surface area contributed by atoms with Gasteiger partial charge in [-0.2, -0.15) is 0 Å². The number of hydrogen-bond donors (Lipinski definition) is 1. The van der Waals surface area contributed by atoms with Crippen molar-refractivity contribution in [2.45, 2.75) is 20.3 Å². The molecule has 0 aromatic heterocycles. The number of rotatable bonds is 5. The zero-order valence-corrected chi connectivity index (χ0v) is 16.0. The first-order valence-corrected chi connectivity index (χ1v) is 8.70. The van der Waals surface area contributed by atoms with Crippen LogP contribution in [0, 0.1) is 6.92 Å². The van der Waals surface area contributed by atoms with Crippen molar-refractivity contribution in [2.75, 3.05) is 16.8 Å². The maximum Gasteiger partial charge on any atom is 0.226 e. The van der Waals surface area contributed by atoms with Crippen molar-refractivity contribution in [3.05, 3.63) is 57.0 Å². The van der Waals surface area contributed by atoms with Gasteiger partial charge in [0.1, 0.15) is 0 Å². The number of anilines is 2. The van der Waals surface area contributed by atoms with Gasteiger partial charge >= 0.3 is 0 Å². The van der Waals surface area contributed by atoms with Crippen LogP contribution < -0.4 is 10.2 Å². The highest BCUT2D eigenvalue weighted by Gasteiger charge is 2.16. The smallest absolute Gasteiger partial charge is 0.226 e. The van der Waals surface area contributed by atoms with Crippen LogP contribution in [0.4, 0.5) is 11.4 Å². The summed E-state index contributed by atoms with van der Waals surface area (Å²) in [5, 5.41) is 4.12. The van der Waals surface area contributed by atoms with Crippen molar-refractivity contribution >= 4 is 58.0 Å². The van der Waals surface area contributed by atoms with Crippen LogP contribution in [0.5, 0.6) is 0 Å². The van der Waals surface area contributed by atoms with E-state index in [0.29, 0.717) is 26.4 Å². The minimum absolute atomic E-state index is 0.121. The summed E-state index contributed by atoms with van der Waals surface area (Å²) < 4.78 is 0. The fourth-order valence-electron chi connectivity index (χ4n) is 2.38. The average molecular weight is 400 g/mol. The van der Waals surface area contributed by atoms with E-state index in [1.165, 1.54) is 11.8 Å². The molecule has 0 atom stereocenters. The van der Waals surface area contributed by atoms with Crippen molar-refractivity contribution < 1.29 is 9.59 Å². The molecule has 0 bridgehead atoms. The topological polar surface area (TPSA) is 49.4 Å². The quantitative estimate of drug-likeness (QED) is 0.738. The van der Waals surface area contributed by atoms with Crippen LogP contribution in [0.2, 0.25) is 15.1 Å². The number of amides is 2. The molecule has 0 saturated heterocycles. The Kier molecular flexibility index (Phi) is 6.71. The summed E-state index contributed by atoms with van der Waals surface area (Å²) >= 11 is 17.9. The standard InChI is InChI=1S/C18H17Cl3N2O2/c1-11-3-4-13(19)10-17(11)23(12(2)24)6-5-18(25)22-16-8-14(20)7-15(21)9-16/h3-4,7-10H,5-6H2,1-2H3,(H,22,25). The predicted molar refractivity (Wildman–Crippen MR) is 104 cm³/mol. The SMILES string of the molecule is CC(=O)N(CCC(=O)Nc1cc(Cl)cc(Cl)c1)c1cc(Cl)ccc1C. The second-order valence-corrected chi connectivity index (χ2v) is 6.87. The first-order valence-electron chi connectivity index (χ1n) is 7.56. The number of halogens is 3. The van der Waals surface area contributed by atoms with Crippen LogP contribution in [0.15, 0.2) is 36.4 Å². The highest BCUT2D eigenvalue weighted by atomic mass is 35.5. The van der Waals surface area contributed by atoms with Gasteiger partial charge in [0.2, 0.25) is 11.8 Å². The van der Waals surface area contributed by atoms with Gasteiger partial charge in [-0.3, -0.25) is 9.59 Å². The minimum Gasteiger partial charge on any atom is -0.326 e. The molecule has 2 aromatic rings. The Bertz CT molecular complexity index is 789. The monoisotopic (exact) mass is 398 g/mol. The number of aryl methyl sites for hydroxylation is 1. The molecule has 132 valence electrons. The maximum absolute atomic E-state index is 12.2. The van der Waals surface area contributed by atoms with Crippen molar-refractivity contribution in [3.8, 4) is 0 Å². The third-order valence-corrected chi connectivity index (χ3v) is 4.22. The normalized spacial score (nSPS) is 10.4. The van der Waals surface area contributed by atoms with Crippen LogP contribution in [0.1, 0.15) is 18.9 Å². The molecule has 0 aliphatic heterocycles. The van der Waals surface area contributed by atoms with E-state index in [1.54, 1.807) is 30.3 Å². The zero-order chi connectivity index (χ0) is 18.6. The molecule has 2 aromatic carbocycles. The molecule has 25 heavy (non-hydrogen) atoms. The number of nitrogens with one attached hydrogen (secondary N) is 1. The van der Waals surface area contributed by atoms with Crippen molar-refractivity contribution in [1.82, 2.24) is 0 Å². The lowest BCUT2D eigenvalue weighted by Crippen LogP contribution is -2.32. The first-order chi connectivity index (χ1) is 11.8. The highest BCUT2D eigenvalue weighted by Crippen LogP contribution is 2.25. The Morgan fingerprint density at radius 1 is 1.00 bits per heavy atom. The lowest BCUT2D eigenvalue weighted by Gasteiger charge is -2.23. The Balaban J connectivity index is 2.07. The third-order valence-electron chi connectivity index (χ3n) is 3.55. The maximum atomic E-state index is 12.2. The lowest BCUT2D eigenvalue weighted by molar-refractivity contribution is -0.117. The molecule has 0 spiro atoms. The van der Waals surface area contributed by atoms with Crippen LogP contribution in [0.3, 0.4) is 0 Å². The van der Waals surface area contributed by atoms with Gasteiger partial charge in [-0.25, -0.2) is 0 Å². The van der Waals surface area contributed by atoms with Crippen molar-refractivity contribution in [2.24, 2.45) is 0 Å². The van der Waals surface area contributed by atoms with E-state index >= 15 is 0 Å². The summed E-state index contributed by atoms with van der Waals surface area (Å²) in [6, 6.07) is 10.1. The van der Waals surface area contributed by atoms with Crippen molar-refractivity contribution in [3.63, 3.8) is 0 Å². The Morgan fingerprint density at radius 3 is 2.24 bits per heavy atom. The molecule has 1 N–H and O–H groups in total. The average Bonchev–Trinajstić information content (AvgIpc) is 2.49. The number of carbonyl (C=O) groups is 2. The van der Waals surface area contributed by atoms with Gasteiger partial charge in [0.15, 0.2) is 0 Å². The van der Waals surface area contributed by atoms with E-state index in [-0.39, 0.29) is 24.8 Å². The van der Waals surface area contributed by atoms with Gasteiger partial charge in [0, 0.05) is 46.3 Å². The fourth-order valence-corrected chi connectivity index (χ4v) is 3.08. The van der Waals surface area contributed by atoms with Crippen LogP contribution >= 0.6 is 34.8 Å². The lowest BCUT2D eigenvalue weighted by atomic mass is 10.1.